The van der Waals surface area contributed by atoms with Gasteiger partial charge in [-0.15, -0.1) is 0 Å². The summed E-state index contributed by atoms with van der Waals surface area (Å²) >= 11 is 0. The average Bonchev–Trinajstić information content (AvgIpc) is 3.47. The maximum Gasteiger partial charge on any atom is 0.269 e. The number of aliphatic imine (C=N–C) groups is 2. The summed E-state index contributed by atoms with van der Waals surface area (Å²) in [6.45, 7) is 3.49. The summed E-state index contributed by atoms with van der Waals surface area (Å²) in [5.41, 5.74) is 5.68. The molecule has 0 saturated carbocycles. The second-order valence-electron chi connectivity index (χ2n) is 6.79. The van der Waals surface area contributed by atoms with E-state index in [0.29, 0.717) is 11.4 Å². The zero-order valence-electron chi connectivity index (χ0n) is 15.4. The Morgan fingerprint density at radius 1 is 0.931 bits per heavy atom. The van der Waals surface area contributed by atoms with Crippen LogP contribution in [0.25, 0.3) is 18.2 Å². The second-order valence-corrected chi connectivity index (χ2v) is 6.79. The number of hydrogen-bond donors (Lipinski definition) is 3. The lowest BCUT2D eigenvalue weighted by Gasteiger charge is -2.02. The number of hydrogen-bond acceptors (Lipinski definition) is 3. The van der Waals surface area contributed by atoms with E-state index in [-0.39, 0.29) is 5.91 Å². The predicted octanol–water partition coefficient (Wildman–Crippen LogP) is 1.84. The summed E-state index contributed by atoms with van der Waals surface area (Å²) in [5, 5.41) is 5.23. The van der Waals surface area contributed by atoms with Crippen LogP contribution in [0.2, 0.25) is 0 Å². The first-order valence-corrected chi connectivity index (χ1v) is 9.16. The number of allylic oxidation sites excluding steroid dienone is 5. The van der Waals surface area contributed by atoms with Gasteiger partial charge in [0.25, 0.3) is 5.91 Å². The van der Waals surface area contributed by atoms with Crippen molar-refractivity contribution in [1.29, 1.82) is 0 Å². The Morgan fingerprint density at radius 3 is 2.55 bits per heavy atom. The fourth-order valence-electron chi connectivity index (χ4n) is 3.32. The van der Waals surface area contributed by atoms with Crippen LogP contribution in [0.4, 0.5) is 0 Å². The third kappa shape index (κ3) is 3.51. The molecule has 3 N–H and O–H groups in total. The lowest BCUT2D eigenvalue weighted by Crippen LogP contribution is -2.14. The zero-order chi connectivity index (χ0) is 19.8. The molecule has 140 valence electrons. The van der Waals surface area contributed by atoms with Crippen molar-refractivity contribution in [3.8, 4) is 0 Å². The van der Waals surface area contributed by atoms with Gasteiger partial charge in [0.15, 0.2) is 0 Å². The molecule has 2 aromatic rings. The molecule has 5 heterocycles. The molecule has 0 radical (unpaired) electrons. The van der Waals surface area contributed by atoms with Crippen LogP contribution in [-0.2, 0) is 4.79 Å². The van der Waals surface area contributed by atoms with Crippen LogP contribution in [-0.4, -0.2) is 27.3 Å². The molecule has 0 fully saturated rings. The van der Waals surface area contributed by atoms with Gasteiger partial charge in [-0.1, -0.05) is 6.58 Å². The van der Waals surface area contributed by atoms with Crippen LogP contribution in [0, 0.1) is 0 Å². The molecule has 3 aliphatic heterocycles. The van der Waals surface area contributed by atoms with Crippen molar-refractivity contribution < 1.29 is 4.79 Å². The molecule has 0 saturated heterocycles. The van der Waals surface area contributed by atoms with Crippen molar-refractivity contribution in [2.75, 3.05) is 0 Å². The van der Waals surface area contributed by atoms with Crippen LogP contribution < -0.4 is 16.0 Å². The molecular formula is C23H17N5O. The van der Waals surface area contributed by atoms with Gasteiger partial charge in [-0.2, -0.15) is 0 Å². The summed E-state index contributed by atoms with van der Waals surface area (Å²) in [5.74, 6) is -0.389. The predicted molar refractivity (Wildman–Crippen MR) is 115 cm³/mol. The van der Waals surface area contributed by atoms with Gasteiger partial charge in [0, 0.05) is 27.8 Å². The Labute approximate surface area is 166 Å². The van der Waals surface area contributed by atoms with Gasteiger partial charge in [-0.3, -0.25) is 4.79 Å². The van der Waals surface area contributed by atoms with Crippen molar-refractivity contribution >= 4 is 35.6 Å². The number of nitrogens with zero attached hydrogens (tertiary/aromatic N) is 2. The third-order valence-corrected chi connectivity index (χ3v) is 4.62. The van der Waals surface area contributed by atoms with E-state index in [0.717, 1.165) is 39.2 Å². The lowest BCUT2D eigenvalue weighted by atomic mass is 10.2. The van der Waals surface area contributed by atoms with Crippen molar-refractivity contribution in [3.05, 3.63) is 100 Å². The van der Waals surface area contributed by atoms with Crippen LogP contribution in [0.3, 0.4) is 0 Å². The minimum absolute atomic E-state index is 0.389. The Bertz CT molecular complexity index is 1350. The SMILES string of the molecule is C=CC(=O)N=C1C=C2C=c3ccc([nH]3)=Cc3ccc([nH]3)C=C3C=CC(=N3)C=C1N2. The molecule has 6 heteroatoms. The molecule has 29 heavy (non-hydrogen) atoms. The highest BCUT2D eigenvalue weighted by Gasteiger charge is 2.17. The van der Waals surface area contributed by atoms with E-state index in [1.807, 2.05) is 66.8 Å². The maximum atomic E-state index is 11.8. The molecule has 0 unspecified atom stereocenters. The van der Waals surface area contributed by atoms with Gasteiger partial charge in [0.05, 0.1) is 22.8 Å². The Morgan fingerprint density at radius 2 is 1.72 bits per heavy atom. The normalized spacial score (nSPS) is 18.1. The summed E-state index contributed by atoms with van der Waals surface area (Å²) in [6.07, 6.45) is 14.8. The van der Waals surface area contributed by atoms with E-state index in [9.17, 15) is 4.79 Å². The van der Waals surface area contributed by atoms with Gasteiger partial charge < -0.3 is 15.3 Å². The van der Waals surface area contributed by atoms with Crippen LogP contribution in [0.15, 0.2) is 88.3 Å². The first-order valence-electron chi connectivity index (χ1n) is 9.16. The van der Waals surface area contributed by atoms with Crippen LogP contribution >= 0.6 is 0 Å². The second kappa shape index (κ2) is 6.76. The van der Waals surface area contributed by atoms with Gasteiger partial charge >= 0.3 is 0 Å². The van der Waals surface area contributed by atoms with Crippen molar-refractivity contribution in [3.63, 3.8) is 0 Å². The van der Waals surface area contributed by atoms with Crippen molar-refractivity contribution in [2.45, 2.75) is 0 Å². The summed E-state index contributed by atoms with van der Waals surface area (Å²) < 4.78 is 0. The highest BCUT2D eigenvalue weighted by molar-refractivity contribution is 6.21. The van der Waals surface area contributed by atoms with E-state index in [4.69, 9.17) is 0 Å². The maximum absolute atomic E-state index is 11.8. The molecule has 0 atom stereocenters. The number of fused-ring (bicyclic) bond motifs is 7. The molecular weight excluding hydrogens is 362 g/mol. The number of amides is 1. The summed E-state index contributed by atoms with van der Waals surface area (Å²) in [4.78, 5) is 27.3. The first-order chi connectivity index (χ1) is 14.1. The summed E-state index contributed by atoms with van der Waals surface area (Å²) in [6, 6.07) is 8.07. The number of aromatic nitrogens is 2. The van der Waals surface area contributed by atoms with Gasteiger partial charge in [0.2, 0.25) is 0 Å². The van der Waals surface area contributed by atoms with E-state index < -0.39 is 0 Å². The van der Waals surface area contributed by atoms with Crippen molar-refractivity contribution in [1.82, 2.24) is 15.3 Å². The molecule has 2 aromatic heterocycles. The minimum Gasteiger partial charge on any atom is -0.355 e. The van der Waals surface area contributed by atoms with Crippen LogP contribution in [0.1, 0.15) is 11.4 Å². The number of nitrogens with one attached hydrogen (secondary N) is 3. The smallest absolute Gasteiger partial charge is 0.269 e. The summed E-state index contributed by atoms with van der Waals surface area (Å²) in [7, 11) is 0. The molecule has 0 aromatic carbocycles. The monoisotopic (exact) mass is 379 g/mol. The number of rotatable bonds is 1. The lowest BCUT2D eigenvalue weighted by molar-refractivity contribution is -0.113. The molecule has 6 nitrogen and oxygen atoms in total. The Kier molecular flexibility index (Phi) is 3.95. The van der Waals surface area contributed by atoms with Gasteiger partial charge in [-0.25, -0.2) is 9.98 Å². The Balaban J connectivity index is 1.69. The van der Waals surface area contributed by atoms with E-state index in [1.165, 1.54) is 6.08 Å². The van der Waals surface area contributed by atoms with E-state index in [2.05, 4.69) is 31.8 Å². The van der Waals surface area contributed by atoms with Gasteiger partial charge in [-0.05, 0) is 72.9 Å². The number of H-pyrrole nitrogens is 2. The number of carbonyl (C=O) groups excluding carboxylic acids is 1. The first kappa shape index (κ1) is 16.9. The van der Waals surface area contributed by atoms with E-state index >= 15 is 0 Å². The molecule has 0 aliphatic carbocycles. The fraction of sp³-hybridized carbons (Fsp3) is 0. The number of aromatic amines is 2. The van der Waals surface area contributed by atoms with Crippen LogP contribution in [0.5, 0.6) is 0 Å². The largest absolute Gasteiger partial charge is 0.355 e. The molecule has 0 spiro atoms. The van der Waals surface area contributed by atoms with Crippen molar-refractivity contribution in [2.24, 2.45) is 9.98 Å². The average molecular weight is 379 g/mol. The number of carbonyl (C=O) groups is 1. The standard InChI is InChI=1S/C23H17N5O/c1-2-23(29)28-22-13-20-11-18-6-5-16(25-18)9-14-3-4-15(24-14)10-17-7-8-19(26-17)12-21(22)27-20/h2-13,24-25,27H,1H2. The fourth-order valence-corrected chi connectivity index (χ4v) is 3.32. The zero-order valence-corrected chi connectivity index (χ0v) is 15.4. The highest BCUT2D eigenvalue weighted by atomic mass is 16.1. The molecule has 3 aliphatic rings. The molecule has 1 amide bonds. The Hall–Kier alpha value is -4.19. The minimum atomic E-state index is -0.389. The van der Waals surface area contributed by atoms with E-state index in [1.54, 1.807) is 0 Å². The van der Waals surface area contributed by atoms with Gasteiger partial charge in [0.1, 0.15) is 0 Å². The molecule has 5 rings (SSSR count). The quantitative estimate of drug-likeness (QED) is 0.661. The third-order valence-electron chi connectivity index (χ3n) is 4.62. The highest BCUT2D eigenvalue weighted by Crippen LogP contribution is 2.18. The topological polar surface area (TPSA) is 85.4 Å². The molecule has 8 bridgehead atoms.